The summed E-state index contributed by atoms with van der Waals surface area (Å²) in [4.78, 5) is 2.51. The largest absolute Gasteiger partial charge is 0.309 e. The quantitative estimate of drug-likeness (QED) is 0.183. The molecule has 0 aliphatic heterocycles. The molecule has 8 aromatic carbocycles. The van der Waals surface area contributed by atoms with E-state index in [-0.39, 0.29) is 5.41 Å². The van der Waals surface area contributed by atoms with E-state index in [1.54, 1.807) is 0 Å². The molecule has 234 valence electrons. The molecule has 0 saturated heterocycles. The molecular weight excluding hydrogens is 591 g/mol. The zero-order valence-corrected chi connectivity index (χ0v) is 28.1. The first-order valence-electron chi connectivity index (χ1n) is 17.2. The van der Waals surface area contributed by atoms with Crippen LogP contribution in [0, 0.1) is 6.92 Å². The zero-order valence-electron chi connectivity index (χ0n) is 28.1. The maximum atomic E-state index is 2.51. The van der Waals surface area contributed by atoms with E-state index in [9.17, 15) is 0 Å². The van der Waals surface area contributed by atoms with Crippen LogP contribution in [0.2, 0.25) is 0 Å². The molecule has 0 radical (unpaired) electrons. The van der Waals surface area contributed by atoms with Crippen molar-refractivity contribution in [2.75, 3.05) is 4.90 Å². The zero-order chi connectivity index (χ0) is 33.1. The second-order valence-corrected chi connectivity index (χ2v) is 13.8. The van der Waals surface area contributed by atoms with Gasteiger partial charge in [-0.3, -0.25) is 0 Å². The number of nitrogens with zero attached hydrogens (tertiary/aromatic N) is 1. The first-order chi connectivity index (χ1) is 24.0. The van der Waals surface area contributed by atoms with Gasteiger partial charge in [-0.05, 0) is 97.9 Å². The molecule has 1 nitrogen and oxygen atoms in total. The van der Waals surface area contributed by atoms with Crippen LogP contribution in [0.1, 0.15) is 30.5 Å². The monoisotopic (exact) mass is 627 g/mol. The van der Waals surface area contributed by atoms with E-state index in [0.29, 0.717) is 0 Å². The van der Waals surface area contributed by atoms with Gasteiger partial charge >= 0.3 is 0 Å². The van der Waals surface area contributed by atoms with Gasteiger partial charge in [0.15, 0.2) is 0 Å². The molecule has 0 N–H and O–H groups in total. The molecule has 0 saturated carbocycles. The number of fused-ring (bicyclic) bond motifs is 5. The van der Waals surface area contributed by atoms with Crippen LogP contribution >= 0.6 is 0 Å². The van der Waals surface area contributed by atoms with Crippen LogP contribution in [0.25, 0.3) is 54.9 Å². The van der Waals surface area contributed by atoms with Gasteiger partial charge in [-0.15, -0.1) is 0 Å². The Hall–Kier alpha value is -5.92. The van der Waals surface area contributed by atoms with E-state index < -0.39 is 0 Å². The van der Waals surface area contributed by atoms with Crippen LogP contribution in [0.3, 0.4) is 0 Å². The van der Waals surface area contributed by atoms with Gasteiger partial charge in [0.1, 0.15) is 0 Å². The molecule has 0 atom stereocenters. The minimum absolute atomic E-state index is 0.113. The predicted octanol–water partition coefficient (Wildman–Crippen LogP) is 13.4. The van der Waals surface area contributed by atoms with Crippen LogP contribution in [0.15, 0.2) is 170 Å². The maximum Gasteiger partial charge on any atom is 0.0621 e. The fourth-order valence-corrected chi connectivity index (χ4v) is 8.05. The highest BCUT2D eigenvalue weighted by Crippen LogP contribution is 2.56. The first kappa shape index (κ1) is 29.2. The first-order valence-corrected chi connectivity index (χ1v) is 17.2. The third-order valence-electron chi connectivity index (χ3n) is 10.6. The minimum atomic E-state index is -0.113. The lowest BCUT2D eigenvalue weighted by molar-refractivity contribution is 0.661. The Bertz CT molecular complexity index is 2540. The van der Waals surface area contributed by atoms with Gasteiger partial charge in [0.25, 0.3) is 0 Å². The fraction of sp³-hybridized carbons (Fsp3) is 0.0833. The highest BCUT2D eigenvalue weighted by molar-refractivity contribution is 6.10. The highest BCUT2D eigenvalue weighted by Gasteiger charge is 2.39. The second kappa shape index (κ2) is 11.4. The Morgan fingerprint density at radius 2 is 1.04 bits per heavy atom. The summed E-state index contributed by atoms with van der Waals surface area (Å²) in [6.45, 7) is 6.96. The SMILES string of the molecule is Cc1ccccc1N(c1ccc(-c2ccccc2-c2ccc3ccccc3c2)cc1)c1c2c(cc3ccccc13)C(C)(C)c1ccccc1-2. The van der Waals surface area contributed by atoms with Crippen LogP contribution in [-0.2, 0) is 5.41 Å². The Balaban J connectivity index is 1.25. The van der Waals surface area contributed by atoms with Crippen LogP contribution in [0.5, 0.6) is 0 Å². The van der Waals surface area contributed by atoms with Gasteiger partial charge in [-0.25, -0.2) is 0 Å². The second-order valence-electron chi connectivity index (χ2n) is 13.8. The molecule has 0 heterocycles. The van der Waals surface area contributed by atoms with Crippen molar-refractivity contribution in [2.45, 2.75) is 26.2 Å². The van der Waals surface area contributed by atoms with Crippen molar-refractivity contribution in [2.24, 2.45) is 0 Å². The van der Waals surface area contributed by atoms with E-state index in [1.807, 2.05) is 0 Å². The normalized spacial score (nSPS) is 13.0. The van der Waals surface area contributed by atoms with Crippen molar-refractivity contribution in [3.05, 3.63) is 187 Å². The summed E-state index contributed by atoms with van der Waals surface area (Å²) in [7, 11) is 0. The summed E-state index contributed by atoms with van der Waals surface area (Å²) in [5.41, 5.74) is 15.0. The van der Waals surface area contributed by atoms with Gasteiger partial charge < -0.3 is 4.90 Å². The Labute approximate surface area is 288 Å². The van der Waals surface area contributed by atoms with Crippen LogP contribution in [0.4, 0.5) is 17.1 Å². The van der Waals surface area contributed by atoms with Gasteiger partial charge in [-0.1, -0.05) is 153 Å². The van der Waals surface area contributed by atoms with Crippen molar-refractivity contribution in [3.63, 3.8) is 0 Å². The number of hydrogen-bond acceptors (Lipinski definition) is 1. The number of benzene rings is 8. The van der Waals surface area contributed by atoms with Crippen molar-refractivity contribution < 1.29 is 0 Å². The van der Waals surface area contributed by atoms with E-state index in [0.717, 1.165) is 5.69 Å². The van der Waals surface area contributed by atoms with Gasteiger partial charge in [0, 0.05) is 27.7 Å². The van der Waals surface area contributed by atoms with E-state index in [2.05, 4.69) is 196 Å². The number of aryl methyl sites for hydroxylation is 1. The third-order valence-corrected chi connectivity index (χ3v) is 10.6. The lowest BCUT2D eigenvalue weighted by Gasteiger charge is -2.31. The summed E-state index contributed by atoms with van der Waals surface area (Å²) < 4.78 is 0. The maximum absolute atomic E-state index is 2.51. The highest BCUT2D eigenvalue weighted by atomic mass is 15.1. The molecular formula is C48H37N. The standard InChI is InChI=1S/C48H37N/c1-32-14-4-13-23-45(32)49(47-41-20-8-7-17-36(41)31-44-46(47)42-21-11-12-22-43(42)48(44,2)3)38-28-26-34(27-29-38)39-18-9-10-19-40(39)37-25-24-33-15-5-6-16-35(33)30-37/h4-31H,1-3H3. The molecule has 9 rings (SSSR count). The van der Waals surface area contributed by atoms with Crippen molar-refractivity contribution in [1.82, 2.24) is 0 Å². The van der Waals surface area contributed by atoms with Gasteiger partial charge in [0.05, 0.1) is 5.69 Å². The lowest BCUT2D eigenvalue weighted by atomic mass is 9.81. The number of para-hydroxylation sites is 1. The van der Waals surface area contributed by atoms with Gasteiger partial charge in [0.2, 0.25) is 0 Å². The summed E-state index contributed by atoms with van der Waals surface area (Å²) in [5.74, 6) is 0. The number of hydrogen-bond donors (Lipinski definition) is 0. The van der Waals surface area contributed by atoms with Crippen molar-refractivity contribution in [3.8, 4) is 33.4 Å². The summed E-state index contributed by atoms with van der Waals surface area (Å²) in [6, 6.07) is 62.4. The Morgan fingerprint density at radius 1 is 0.449 bits per heavy atom. The molecule has 0 unspecified atom stereocenters. The van der Waals surface area contributed by atoms with Crippen LogP contribution < -0.4 is 4.90 Å². The van der Waals surface area contributed by atoms with Crippen LogP contribution in [-0.4, -0.2) is 0 Å². The number of rotatable bonds is 5. The smallest absolute Gasteiger partial charge is 0.0621 e. The molecule has 1 heteroatoms. The molecule has 0 spiro atoms. The average Bonchev–Trinajstić information content (AvgIpc) is 3.38. The van der Waals surface area contributed by atoms with E-state index in [4.69, 9.17) is 0 Å². The molecule has 0 bridgehead atoms. The van der Waals surface area contributed by atoms with E-state index >= 15 is 0 Å². The molecule has 1 aliphatic carbocycles. The average molecular weight is 628 g/mol. The third kappa shape index (κ3) is 4.69. The molecule has 0 amide bonds. The Kier molecular flexibility index (Phi) is 6.78. The topological polar surface area (TPSA) is 3.24 Å². The summed E-state index contributed by atoms with van der Waals surface area (Å²) in [5, 5.41) is 5.03. The molecule has 49 heavy (non-hydrogen) atoms. The number of anilines is 3. The molecule has 1 aliphatic rings. The molecule has 0 fully saturated rings. The van der Waals surface area contributed by atoms with Crippen molar-refractivity contribution >= 4 is 38.6 Å². The fourth-order valence-electron chi connectivity index (χ4n) is 8.05. The van der Waals surface area contributed by atoms with Gasteiger partial charge in [-0.2, -0.15) is 0 Å². The predicted molar refractivity (Wildman–Crippen MR) is 209 cm³/mol. The minimum Gasteiger partial charge on any atom is -0.309 e. The lowest BCUT2D eigenvalue weighted by Crippen LogP contribution is -2.16. The molecule has 8 aromatic rings. The molecule has 0 aromatic heterocycles. The summed E-state index contributed by atoms with van der Waals surface area (Å²) >= 11 is 0. The summed E-state index contributed by atoms with van der Waals surface area (Å²) in [6.07, 6.45) is 0. The Morgan fingerprint density at radius 3 is 1.82 bits per heavy atom. The van der Waals surface area contributed by atoms with E-state index in [1.165, 1.54) is 83.0 Å². The van der Waals surface area contributed by atoms with Crippen molar-refractivity contribution in [1.29, 1.82) is 0 Å².